The van der Waals surface area contributed by atoms with Crippen LogP contribution in [0.3, 0.4) is 0 Å². The number of hydrogen-bond donors (Lipinski definition) is 2. The summed E-state index contributed by atoms with van der Waals surface area (Å²) in [5.41, 5.74) is 4.22. The van der Waals surface area contributed by atoms with Gasteiger partial charge in [-0.15, -0.1) is 0 Å². The number of aromatic nitrogens is 4. The minimum Gasteiger partial charge on any atom is -0.322 e. The van der Waals surface area contributed by atoms with Gasteiger partial charge >= 0.3 is 5.76 Å². The van der Waals surface area contributed by atoms with Gasteiger partial charge in [-0.05, 0) is 56.3 Å². The van der Waals surface area contributed by atoms with Crippen molar-refractivity contribution in [2.45, 2.75) is 13.8 Å². The van der Waals surface area contributed by atoms with Gasteiger partial charge in [0.05, 0.1) is 11.4 Å². The Hall–Kier alpha value is -4.27. The summed E-state index contributed by atoms with van der Waals surface area (Å²) >= 11 is 0. The monoisotopic (exact) mass is 419 g/mol. The van der Waals surface area contributed by atoms with Crippen molar-refractivity contribution in [3.63, 3.8) is 0 Å². The molecule has 0 spiro atoms. The van der Waals surface area contributed by atoms with Crippen molar-refractivity contribution in [3.8, 4) is 17.1 Å². The van der Waals surface area contributed by atoms with Crippen LogP contribution in [0.2, 0.25) is 0 Å². The topological polar surface area (TPSA) is 106 Å². The highest BCUT2D eigenvalue weighted by Crippen LogP contribution is 2.21. The molecule has 8 nitrogen and oxygen atoms in total. The fourth-order valence-electron chi connectivity index (χ4n) is 3.17. The van der Waals surface area contributed by atoms with Crippen molar-refractivity contribution in [2.75, 3.05) is 5.32 Å². The third kappa shape index (κ3) is 4.35. The summed E-state index contributed by atoms with van der Waals surface area (Å²) in [6.45, 7) is 3.72. The molecule has 0 unspecified atom stereocenters. The van der Waals surface area contributed by atoms with Crippen LogP contribution >= 0.6 is 0 Å². The molecular weight excluding hydrogens is 401 g/mol. The van der Waals surface area contributed by atoms with Gasteiger partial charge in [0.25, 0.3) is 0 Å². The lowest BCUT2D eigenvalue weighted by Gasteiger charge is -2.05. The summed E-state index contributed by atoms with van der Waals surface area (Å²) in [7, 11) is 0. The molecule has 4 rings (SSSR count). The van der Waals surface area contributed by atoms with Gasteiger partial charge in [0, 0.05) is 28.6 Å². The lowest BCUT2D eigenvalue weighted by molar-refractivity contribution is -0.111. The number of H-pyrrole nitrogens is 1. The third-order valence-electron chi connectivity index (χ3n) is 4.66. The number of rotatable bonds is 5. The molecule has 2 N–H and O–H groups in total. The number of benzene rings is 2. The molecule has 156 valence electrons. The Morgan fingerprint density at radius 3 is 2.68 bits per heavy atom. The minimum absolute atomic E-state index is 0.274. The molecule has 0 aliphatic carbocycles. The van der Waals surface area contributed by atoms with Crippen LogP contribution in [0, 0.1) is 19.7 Å². The van der Waals surface area contributed by atoms with Gasteiger partial charge in [0.2, 0.25) is 5.91 Å². The molecule has 0 saturated carbocycles. The van der Waals surface area contributed by atoms with Crippen molar-refractivity contribution < 1.29 is 13.7 Å². The van der Waals surface area contributed by atoms with Crippen molar-refractivity contribution in [2.24, 2.45) is 0 Å². The van der Waals surface area contributed by atoms with Gasteiger partial charge in [0.15, 0.2) is 5.82 Å². The summed E-state index contributed by atoms with van der Waals surface area (Å²) in [5.74, 6) is -1.03. The summed E-state index contributed by atoms with van der Waals surface area (Å²) in [5, 5.41) is 10.9. The average Bonchev–Trinajstić information content (AvgIpc) is 3.30. The number of aryl methyl sites for hydroxylation is 1. The van der Waals surface area contributed by atoms with E-state index in [4.69, 9.17) is 0 Å². The van der Waals surface area contributed by atoms with E-state index in [-0.39, 0.29) is 17.5 Å². The van der Waals surface area contributed by atoms with Gasteiger partial charge in [-0.25, -0.2) is 13.9 Å². The first-order chi connectivity index (χ1) is 14.9. The molecule has 2 aromatic carbocycles. The second-order valence-corrected chi connectivity index (χ2v) is 6.82. The largest absolute Gasteiger partial charge is 0.439 e. The molecule has 2 aromatic heterocycles. The van der Waals surface area contributed by atoms with E-state index in [1.54, 1.807) is 47.2 Å². The molecule has 0 radical (unpaired) electrons. The summed E-state index contributed by atoms with van der Waals surface area (Å²) < 4.78 is 19.4. The zero-order valence-corrected chi connectivity index (χ0v) is 16.7. The van der Waals surface area contributed by atoms with Crippen LogP contribution in [-0.2, 0) is 4.79 Å². The van der Waals surface area contributed by atoms with Gasteiger partial charge < -0.3 is 5.32 Å². The molecule has 31 heavy (non-hydrogen) atoms. The fourth-order valence-corrected chi connectivity index (χ4v) is 3.17. The lowest BCUT2D eigenvalue weighted by Crippen LogP contribution is -2.07. The van der Waals surface area contributed by atoms with Gasteiger partial charge in [0.1, 0.15) is 5.82 Å². The van der Waals surface area contributed by atoms with Crippen LogP contribution < -0.4 is 11.1 Å². The molecule has 0 aliphatic heterocycles. The summed E-state index contributed by atoms with van der Waals surface area (Å²) in [4.78, 5) is 26.0. The first-order valence-electron chi connectivity index (χ1n) is 9.38. The molecular formula is C22H18FN5O3. The van der Waals surface area contributed by atoms with Crippen LogP contribution in [0.4, 0.5) is 10.1 Å². The number of carbonyl (C=O) groups excluding carboxylic acids is 1. The molecule has 1 amide bonds. The molecule has 0 aliphatic rings. The van der Waals surface area contributed by atoms with Crippen LogP contribution in [0.15, 0.2) is 63.9 Å². The maximum absolute atomic E-state index is 13.2. The second kappa shape index (κ2) is 8.23. The highest BCUT2D eigenvalue weighted by Gasteiger charge is 2.11. The Bertz CT molecular complexity index is 1330. The molecule has 2 heterocycles. The SMILES string of the molecule is Cc1nn(-c2ccc(F)cc2)c(C)c1/C=C/C(=O)Nc1cccc(-c2noc(=O)[nH]2)c1. The molecule has 0 atom stereocenters. The average molecular weight is 419 g/mol. The molecule has 9 heteroatoms. The molecule has 0 saturated heterocycles. The lowest BCUT2D eigenvalue weighted by atomic mass is 10.1. The predicted octanol–water partition coefficient (Wildman–Crippen LogP) is 3.62. The minimum atomic E-state index is -0.653. The van der Waals surface area contributed by atoms with E-state index in [0.29, 0.717) is 11.3 Å². The fraction of sp³-hybridized carbons (Fsp3) is 0.0909. The quantitative estimate of drug-likeness (QED) is 0.481. The number of halogens is 1. The predicted molar refractivity (Wildman–Crippen MR) is 113 cm³/mol. The molecule has 0 bridgehead atoms. The van der Waals surface area contributed by atoms with E-state index in [1.165, 1.54) is 18.2 Å². The third-order valence-corrected chi connectivity index (χ3v) is 4.66. The van der Waals surface area contributed by atoms with Crippen LogP contribution in [0.1, 0.15) is 17.0 Å². The van der Waals surface area contributed by atoms with Crippen molar-refractivity contribution in [3.05, 3.63) is 87.9 Å². The zero-order valence-electron chi connectivity index (χ0n) is 16.7. The van der Waals surface area contributed by atoms with E-state index >= 15 is 0 Å². The van der Waals surface area contributed by atoms with Crippen LogP contribution in [0.5, 0.6) is 0 Å². The Labute approximate surface area is 176 Å². The summed E-state index contributed by atoms with van der Waals surface area (Å²) in [6.07, 6.45) is 3.10. The smallest absolute Gasteiger partial charge is 0.322 e. The van der Waals surface area contributed by atoms with Crippen molar-refractivity contribution >= 4 is 17.7 Å². The van der Waals surface area contributed by atoms with E-state index in [9.17, 15) is 14.0 Å². The molecule has 4 aromatic rings. The number of anilines is 1. The van der Waals surface area contributed by atoms with Gasteiger partial charge in [-0.3, -0.25) is 14.3 Å². The first kappa shape index (κ1) is 20.0. The number of amides is 1. The number of nitrogens with zero attached hydrogens (tertiary/aromatic N) is 3. The zero-order chi connectivity index (χ0) is 22.0. The first-order valence-corrected chi connectivity index (χ1v) is 9.38. The highest BCUT2D eigenvalue weighted by molar-refractivity contribution is 6.02. The van der Waals surface area contributed by atoms with E-state index in [0.717, 1.165) is 22.6 Å². The van der Waals surface area contributed by atoms with Gasteiger partial charge in [-0.2, -0.15) is 5.10 Å². The van der Waals surface area contributed by atoms with E-state index < -0.39 is 5.76 Å². The summed E-state index contributed by atoms with van der Waals surface area (Å²) in [6, 6.07) is 12.9. The number of nitrogens with one attached hydrogen (secondary N) is 2. The Kier molecular flexibility index (Phi) is 5.31. The number of carbonyl (C=O) groups is 1. The highest BCUT2D eigenvalue weighted by atomic mass is 19.1. The Morgan fingerprint density at radius 2 is 1.97 bits per heavy atom. The number of aromatic amines is 1. The number of hydrogen-bond acceptors (Lipinski definition) is 5. The van der Waals surface area contributed by atoms with E-state index in [2.05, 4.69) is 25.1 Å². The van der Waals surface area contributed by atoms with E-state index in [1.807, 2.05) is 13.8 Å². The maximum atomic E-state index is 13.2. The second-order valence-electron chi connectivity index (χ2n) is 6.82. The Balaban J connectivity index is 1.51. The molecule has 0 fully saturated rings. The van der Waals surface area contributed by atoms with Crippen molar-refractivity contribution in [1.29, 1.82) is 0 Å². The standard InChI is InChI=1S/C22H18FN5O3/c1-13-19(14(2)28(26-13)18-8-6-16(23)7-9-18)10-11-20(29)24-17-5-3-4-15(12-17)21-25-22(30)31-27-21/h3-12H,1-2H3,(H,24,29)(H,25,27,30)/b11-10+. The Morgan fingerprint density at radius 1 is 1.19 bits per heavy atom. The normalized spacial score (nSPS) is 11.2. The van der Waals surface area contributed by atoms with Crippen LogP contribution in [0.25, 0.3) is 23.2 Å². The maximum Gasteiger partial charge on any atom is 0.439 e. The van der Waals surface area contributed by atoms with Gasteiger partial charge in [-0.1, -0.05) is 17.3 Å². The van der Waals surface area contributed by atoms with Crippen LogP contribution in [-0.4, -0.2) is 25.8 Å². The van der Waals surface area contributed by atoms with Crippen molar-refractivity contribution in [1.82, 2.24) is 19.9 Å².